The summed E-state index contributed by atoms with van der Waals surface area (Å²) in [5.74, 6) is 0.271. The fourth-order valence-corrected chi connectivity index (χ4v) is 1.17. The first-order valence-corrected chi connectivity index (χ1v) is 5.42. The maximum absolute atomic E-state index is 11.2. The molecule has 0 atom stereocenters. The van der Waals surface area contributed by atoms with E-state index in [2.05, 4.69) is 10.5 Å². The fourth-order valence-electron chi connectivity index (χ4n) is 1.17. The molecule has 0 rings (SSSR count). The summed E-state index contributed by atoms with van der Waals surface area (Å²) in [6.45, 7) is 1.24. The normalized spacial score (nSPS) is 11.4. The van der Waals surface area contributed by atoms with Crippen molar-refractivity contribution >= 4 is 11.7 Å². The van der Waals surface area contributed by atoms with Crippen molar-refractivity contribution in [2.75, 3.05) is 20.3 Å². The van der Waals surface area contributed by atoms with E-state index in [1.54, 1.807) is 7.11 Å². The van der Waals surface area contributed by atoms with E-state index in [9.17, 15) is 4.79 Å². The minimum Gasteiger partial charge on any atom is -0.409 e. The van der Waals surface area contributed by atoms with Crippen molar-refractivity contribution in [3.05, 3.63) is 0 Å². The Bertz CT molecular complexity index is 219. The van der Waals surface area contributed by atoms with Gasteiger partial charge in [-0.1, -0.05) is 5.16 Å². The summed E-state index contributed by atoms with van der Waals surface area (Å²) >= 11 is 0. The highest BCUT2D eigenvalue weighted by molar-refractivity contribution is 5.79. The number of amidine groups is 1. The molecule has 0 aliphatic carbocycles. The summed E-state index contributed by atoms with van der Waals surface area (Å²) in [7, 11) is 1.62. The number of carbonyl (C=O) groups is 1. The average Bonchev–Trinajstić information content (AvgIpc) is 2.28. The van der Waals surface area contributed by atoms with Gasteiger partial charge in [0.2, 0.25) is 5.91 Å². The van der Waals surface area contributed by atoms with Gasteiger partial charge in [0.05, 0.1) is 0 Å². The third-order valence-electron chi connectivity index (χ3n) is 2.06. The van der Waals surface area contributed by atoms with Gasteiger partial charge in [0, 0.05) is 33.1 Å². The lowest BCUT2D eigenvalue weighted by molar-refractivity contribution is -0.121. The zero-order valence-corrected chi connectivity index (χ0v) is 9.74. The van der Waals surface area contributed by atoms with Gasteiger partial charge in [0.15, 0.2) is 0 Å². The predicted molar refractivity (Wildman–Crippen MR) is 61.4 cm³/mol. The Labute approximate surface area is 95.8 Å². The number of oxime groups is 1. The van der Waals surface area contributed by atoms with Crippen LogP contribution in [0, 0.1) is 0 Å². The number of amides is 1. The maximum atomic E-state index is 11.2. The standard InChI is InChI=1S/C10H21N3O3/c1-16-8-4-6-10(14)12-7-3-2-5-9(11)13-15/h15H,2-8H2,1H3,(H2,11,13)(H,12,14). The van der Waals surface area contributed by atoms with E-state index >= 15 is 0 Å². The SMILES string of the molecule is COCCCC(=O)NCCCCC(N)=NO. The van der Waals surface area contributed by atoms with E-state index in [4.69, 9.17) is 15.7 Å². The van der Waals surface area contributed by atoms with Crippen molar-refractivity contribution in [3.8, 4) is 0 Å². The van der Waals surface area contributed by atoms with Gasteiger partial charge < -0.3 is 21.0 Å². The van der Waals surface area contributed by atoms with E-state index in [1.165, 1.54) is 0 Å². The molecule has 0 fully saturated rings. The predicted octanol–water partition coefficient (Wildman–Crippen LogP) is 0.446. The Balaban J connectivity index is 3.28. The van der Waals surface area contributed by atoms with Gasteiger partial charge in [-0.25, -0.2) is 0 Å². The molecule has 0 aromatic heterocycles. The molecule has 0 aromatic rings. The Morgan fingerprint density at radius 1 is 1.38 bits per heavy atom. The number of nitrogens with one attached hydrogen (secondary N) is 1. The molecule has 0 aliphatic heterocycles. The first kappa shape index (κ1) is 14.7. The molecule has 0 aliphatic rings. The number of nitrogens with two attached hydrogens (primary N) is 1. The molecule has 0 aromatic carbocycles. The molecule has 94 valence electrons. The third-order valence-corrected chi connectivity index (χ3v) is 2.06. The number of methoxy groups -OCH3 is 1. The van der Waals surface area contributed by atoms with Gasteiger partial charge in [0.25, 0.3) is 0 Å². The van der Waals surface area contributed by atoms with Crippen LogP contribution < -0.4 is 11.1 Å². The highest BCUT2D eigenvalue weighted by atomic mass is 16.5. The average molecular weight is 231 g/mol. The van der Waals surface area contributed by atoms with Gasteiger partial charge in [-0.05, 0) is 19.3 Å². The number of unbranched alkanes of at least 4 members (excludes halogenated alkanes) is 1. The van der Waals surface area contributed by atoms with Crippen molar-refractivity contribution in [1.29, 1.82) is 0 Å². The third kappa shape index (κ3) is 9.26. The van der Waals surface area contributed by atoms with Crippen molar-refractivity contribution in [1.82, 2.24) is 5.32 Å². The second kappa shape index (κ2) is 10.2. The van der Waals surface area contributed by atoms with Crippen molar-refractivity contribution in [2.24, 2.45) is 10.9 Å². The summed E-state index contributed by atoms with van der Waals surface area (Å²) in [4.78, 5) is 11.2. The van der Waals surface area contributed by atoms with E-state index in [0.717, 1.165) is 19.3 Å². The van der Waals surface area contributed by atoms with E-state index < -0.39 is 0 Å². The molecule has 0 heterocycles. The Morgan fingerprint density at radius 3 is 2.75 bits per heavy atom. The summed E-state index contributed by atoms with van der Waals surface area (Å²) in [6, 6.07) is 0. The molecule has 0 bridgehead atoms. The van der Waals surface area contributed by atoms with Crippen LogP contribution in [0.25, 0.3) is 0 Å². The van der Waals surface area contributed by atoms with Crippen LogP contribution in [0.3, 0.4) is 0 Å². The minimum absolute atomic E-state index is 0.0425. The van der Waals surface area contributed by atoms with Gasteiger partial charge in [-0.2, -0.15) is 0 Å². The lowest BCUT2D eigenvalue weighted by Gasteiger charge is -2.04. The van der Waals surface area contributed by atoms with Gasteiger partial charge in [0.1, 0.15) is 5.84 Å². The summed E-state index contributed by atoms with van der Waals surface area (Å²) in [5.41, 5.74) is 5.29. The summed E-state index contributed by atoms with van der Waals surface area (Å²) in [6.07, 6.45) is 3.41. The lowest BCUT2D eigenvalue weighted by Crippen LogP contribution is -2.24. The summed E-state index contributed by atoms with van der Waals surface area (Å²) in [5, 5.41) is 13.9. The second-order valence-corrected chi connectivity index (χ2v) is 3.49. The van der Waals surface area contributed by atoms with Crippen molar-refractivity contribution < 1.29 is 14.7 Å². The number of rotatable bonds is 9. The number of nitrogens with zero attached hydrogens (tertiary/aromatic N) is 1. The molecule has 0 radical (unpaired) electrons. The molecular weight excluding hydrogens is 210 g/mol. The van der Waals surface area contributed by atoms with E-state index in [0.29, 0.717) is 26.0 Å². The molecule has 6 nitrogen and oxygen atoms in total. The number of carbonyl (C=O) groups excluding carboxylic acids is 1. The summed E-state index contributed by atoms with van der Waals surface area (Å²) < 4.78 is 4.84. The molecule has 0 saturated carbocycles. The van der Waals surface area contributed by atoms with Gasteiger partial charge >= 0.3 is 0 Å². The first-order valence-electron chi connectivity index (χ1n) is 5.42. The van der Waals surface area contributed by atoms with Crippen LogP contribution in [0.2, 0.25) is 0 Å². The maximum Gasteiger partial charge on any atom is 0.220 e. The lowest BCUT2D eigenvalue weighted by atomic mass is 10.2. The Kier molecular flexibility index (Phi) is 9.39. The quantitative estimate of drug-likeness (QED) is 0.176. The molecule has 16 heavy (non-hydrogen) atoms. The fraction of sp³-hybridized carbons (Fsp3) is 0.800. The van der Waals surface area contributed by atoms with Crippen LogP contribution in [0.1, 0.15) is 32.1 Å². The monoisotopic (exact) mass is 231 g/mol. The Morgan fingerprint density at radius 2 is 2.12 bits per heavy atom. The topological polar surface area (TPSA) is 96.9 Å². The molecule has 6 heteroatoms. The van der Waals surface area contributed by atoms with Crippen LogP contribution in [-0.2, 0) is 9.53 Å². The molecular formula is C10H21N3O3. The molecule has 0 unspecified atom stereocenters. The van der Waals surface area contributed by atoms with Crippen LogP contribution in [0.4, 0.5) is 0 Å². The molecule has 4 N–H and O–H groups in total. The minimum atomic E-state index is 0.0425. The second-order valence-electron chi connectivity index (χ2n) is 3.49. The van der Waals surface area contributed by atoms with Crippen molar-refractivity contribution in [3.63, 3.8) is 0 Å². The number of ether oxygens (including phenoxy) is 1. The smallest absolute Gasteiger partial charge is 0.220 e. The zero-order chi connectivity index (χ0) is 12.2. The largest absolute Gasteiger partial charge is 0.409 e. The van der Waals surface area contributed by atoms with Crippen LogP contribution in [0.5, 0.6) is 0 Å². The Hall–Kier alpha value is -1.30. The van der Waals surface area contributed by atoms with Crippen LogP contribution in [-0.4, -0.2) is 37.2 Å². The molecule has 0 saturated heterocycles. The van der Waals surface area contributed by atoms with E-state index in [-0.39, 0.29) is 11.7 Å². The first-order chi connectivity index (χ1) is 7.70. The highest BCUT2D eigenvalue weighted by Crippen LogP contribution is 1.95. The molecule has 0 spiro atoms. The molecule has 1 amide bonds. The number of hydrogen-bond donors (Lipinski definition) is 3. The van der Waals surface area contributed by atoms with Crippen LogP contribution >= 0.6 is 0 Å². The number of hydrogen-bond acceptors (Lipinski definition) is 4. The van der Waals surface area contributed by atoms with Crippen LogP contribution in [0.15, 0.2) is 5.16 Å². The van der Waals surface area contributed by atoms with Crippen molar-refractivity contribution in [2.45, 2.75) is 32.1 Å². The highest BCUT2D eigenvalue weighted by Gasteiger charge is 2.00. The van der Waals surface area contributed by atoms with Gasteiger partial charge in [-0.3, -0.25) is 4.79 Å². The zero-order valence-electron chi connectivity index (χ0n) is 9.74. The van der Waals surface area contributed by atoms with E-state index in [1.807, 2.05) is 0 Å². The van der Waals surface area contributed by atoms with Gasteiger partial charge in [-0.15, -0.1) is 0 Å².